The third-order valence-corrected chi connectivity index (χ3v) is 5.13. The first-order valence-electron chi connectivity index (χ1n) is 9.89. The summed E-state index contributed by atoms with van der Waals surface area (Å²) in [5.74, 6) is 1.16. The molecule has 0 radical (unpaired) electrons. The Morgan fingerprint density at radius 1 is 1.03 bits per heavy atom. The van der Waals surface area contributed by atoms with Crippen LogP contribution in [0.25, 0.3) is 0 Å². The summed E-state index contributed by atoms with van der Waals surface area (Å²) >= 11 is 1.01. The number of aromatic nitrogens is 1. The lowest BCUT2D eigenvalue weighted by molar-refractivity contribution is 0.190. The number of amides is 1. The van der Waals surface area contributed by atoms with Crippen LogP contribution in [0.1, 0.15) is 36.8 Å². The van der Waals surface area contributed by atoms with Gasteiger partial charge in [0.15, 0.2) is 0 Å². The smallest absolute Gasteiger partial charge is 0.413 e. The molecule has 8 heteroatoms. The summed E-state index contributed by atoms with van der Waals surface area (Å²) in [6.45, 7) is 6.18. The van der Waals surface area contributed by atoms with Crippen molar-refractivity contribution in [2.24, 2.45) is 0 Å². The SMILES string of the molecule is CC(C)(C)NC(=O)Oc1ccc(CCOc2ccc(Cc3sc(=O)[nH]c3O)cc2)cc1. The molecule has 0 unspecified atom stereocenters. The number of aromatic hydroxyl groups is 1. The van der Waals surface area contributed by atoms with E-state index in [0.29, 0.717) is 30.1 Å². The molecule has 2 aromatic carbocycles. The van der Waals surface area contributed by atoms with E-state index in [-0.39, 0.29) is 16.3 Å². The molecule has 0 bridgehead atoms. The average Bonchev–Trinajstić information content (AvgIpc) is 3.00. The molecule has 0 saturated heterocycles. The zero-order valence-corrected chi connectivity index (χ0v) is 18.5. The zero-order valence-electron chi connectivity index (χ0n) is 17.7. The van der Waals surface area contributed by atoms with Gasteiger partial charge in [-0.1, -0.05) is 35.6 Å². The van der Waals surface area contributed by atoms with Crippen molar-refractivity contribution >= 4 is 17.4 Å². The standard InChI is InChI=1S/C23H26N2O5S/c1-23(2,3)25-21(27)30-18-10-4-15(5-11-18)12-13-29-17-8-6-16(7-9-17)14-19-20(26)24-22(28)31-19/h4-11,26H,12-14H2,1-3H3,(H,24,28)(H,25,27). The number of carbonyl (C=O) groups is 1. The molecule has 0 saturated carbocycles. The molecule has 1 amide bonds. The van der Waals surface area contributed by atoms with Crippen molar-refractivity contribution in [3.8, 4) is 17.4 Å². The van der Waals surface area contributed by atoms with Crippen LogP contribution in [0.2, 0.25) is 0 Å². The van der Waals surface area contributed by atoms with Crippen molar-refractivity contribution in [2.75, 3.05) is 6.61 Å². The van der Waals surface area contributed by atoms with E-state index >= 15 is 0 Å². The van der Waals surface area contributed by atoms with Crippen LogP contribution in [-0.4, -0.2) is 28.3 Å². The highest BCUT2D eigenvalue weighted by molar-refractivity contribution is 7.09. The Morgan fingerprint density at radius 3 is 2.23 bits per heavy atom. The minimum atomic E-state index is -0.479. The van der Waals surface area contributed by atoms with Crippen LogP contribution in [0.15, 0.2) is 53.3 Å². The molecule has 0 fully saturated rings. The number of benzene rings is 2. The maximum absolute atomic E-state index is 11.8. The molecule has 31 heavy (non-hydrogen) atoms. The van der Waals surface area contributed by atoms with E-state index in [1.807, 2.05) is 57.2 Å². The van der Waals surface area contributed by atoms with Gasteiger partial charge >= 0.3 is 11.0 Å². The summed E-state index contributed by atoms with van der Waals surface area (Å²) in [5.41, 5.74) is 1.69. The Balaban J connectivity index is 1.45. The van der Waals surface area contributed by atoms with Crippen molar-refractivity contribution < 1.29 is 19.4 Å². The molecule has 164 valence electrons. The third-order valence-electron chi connectivity index (χ3n) is 4.26. The molecule has 0 aliphatic rings. The van der Waals surface area contributed by atoms with Crippen LogP contribution >= 0.6 is 11.3 Å². The summed E-state index contributed by atoms with van der Waals surface area (Å²) in [7, 11) is 0. The van der Waals surface area contributed by atoms with Crippen molar-refractivity contribution in [3.63, 3.8) is 0 Å². The van der Waals surface area contributed by atoms with E-state index in [9.17, 15) is 14.7 Å². The number of ether oxygens (including phenoxy) is 2. The molecule has 3 rings (SSSR count). The molecule has 7 nitrogen and oxygen atoms in total. The van der Waals surface area contributed by atoms with E-state index in [1.54, 1.807) is 12.1 Å². The van der Waals surface area contributed by atoms with Gasteiger partial charge in [-0.05, 0) is 56.2 Å². The van der Waals surface area contributed by atoms with E-state index < -0.39 is 6.09 Å². The number of hydrogen-bond donors (Lipinski definition) is 3. The quantitative estimate of drug-likeness (QED) is 0.508. The second-order valence-electron chi connectivity index (χ2n) is 8.11. The number of rotatable bonds is 7. The van der Waals surface area contributed by atoms with E-state index in [2.05, 4.69) is 10.3 Å². The van der Waals surface area contributed by atoms with Gasteiger partial charge in [0.25, 0.3) is 0 Å². The fourth-order valence-corrected chi connectivity index (χ4v) is 3.57. The van der Waals surface area contributed by atoms with Gasteiger partial charge in [0, 0.05) is 18.4 Å². The predicted molar refractivity (Wildman–Crippen MR) is 120 cm³/mol. The van der Waals surface area contributed by atoms with Crippen LogP contribution in [0.3, 0.4) is 0 Å². The minimum Gasteiger partial charge on any atom is -0.494 e. The Bertz CT molecular complexity index is 1060. The third kappa shape index (κ3) is 7.18. The van der Waals surface area contributed by atoms with Crippen LogP contribution in [-0.2, 0) is 12.8 Å². The predicted octanol–water partition coefficient (Wildman–Crippen LogP) is 4.24. The molecule has 3 N–H and O–H groups in total. The number of nitrogens with one attached hydrogen (secondary N) is 2. The Kier molecular flexibility index (Phi) is 7.02. The van der Waals surface area contributed by atoms with E-state index in [1.165, 1.54) is 0 Å². The number of aromatic amines is 1. The van der Waals surface area contributed by atoms with Gasteiger partial charge in [-0.25, -0.2) is 4.79 Å². The lowest BCUT2D eigenvalue weighted by Crippen LogP contribution is -2.42. The minimum absolute atomic E-state index is 0.0680. The van der Waals surface area contributed by atoms with Crippen LogP contribution in [0.5, 0.6) is 17.4 Å². The maximum Gasteiger partial charge on any atom is 0.413 e. The molecule has 1 aromatic heterocycles. The summed E-state index contributed by atoms with van der Waals surface area (Å²) in [6, 6.07) is 14.9. The van der Waals surface area contributed by atoms with Crippen LogP contribution < -0.4 is 19.7 Å². The summed E-state index contributed by atoms with van der Waals surface area (Å²) in [6.07, 6.45) is 0.715. The first-order chi connectivity index (χ1) is 14.7. The van der Waals surface area contributed by atoms with Gasteiger partial charge in [0.05, 0.1) is 11.5 Å². The molecular weight excluding hydrogens is 416 g/mol. The summed E-state index contributed by atoms with van der Waals surface area (Å²) in [5, 5.41) is 12.4. The Hall–Kier alpha value is -3.26. The lowest BCUT2D eigenvalue weighted by atomic mass is 10.1. The summed E-state index contributed by atoms with van der Waals surface area (Å²) < 4.78 is 11.1. The highest BCUT2D eigenvalue weighted by Gasteiger charge is 2.15. The van der Waals surface area contributed by atoms with Crippen molar-refractivity contribution in [3.05, 3.63) is 74.2 Å². The molecule has 0 aliphatic heterocycles. The van der Waals surface area contributed by atoms with Crippen molar-refractivity contribution in [1.82, 2.24) is 10.3 Å². The second kappa shape index (κ2) is 9.70. The zero-order chi connectivity index (χ0) is 22.4. The molecule has 3 aromatic rings. The van der Waals surface area contributed by atoms with Gasteiger partial charge in [-0.3, -0.25) is 9.78 Å². The Morgan fingerprint density at radius 2 is 1.65 bits per heavy atom. The summed E-state index contributed by atoms with van der Waals surface area (Å²) in [4.78, 5) is 25.8. The molecule has 0 spiro atoms. The van der Waals surface area contributed by atoms with Crippen LogP contribution in [0.4, 0.5) is 4.79 Å². The van der Waals surface area contributed by atoms with Crippen LogP contribution in [0, 0.1) is 0 Å². The number of thiazole rings is 1. The monoisotopic (exact) mass is 442 g/mol. The average molecular weight is 443 g/mol. The van der Waals surface area contributed by atoms with Gasteiger partial charge in [-0.2, -0.15) is 0 Å². The van der Waals surface area contributed by atoms with Gasteiger partial charge in [-0.15, -0.1) is 0 Å². The van der Waals surface area contributed by atoms with Gasteiger partial charge < -0.3 is 19.9 Å². The largest absolute Gasteiger partial charge is 0.494 e. The Labute approximate surface area is 184 Å². The normalized spacial score (nSPS) is 11.2. The van der Waals surface area contributed by atoms with Gasteiger partial charge in [0.1, 0.15) is 11.5 Å². The van der Waals surface area contributed by atoms with E-state index in [4.69, 9.17) is 9.47 Å². The highest BCUT2D eigenvalue weighted by atomic mass is 32.1. The number of carbonyl (C=O) groups excluding carboxylic acids is 1. The fraction of sp³-hybridized carbons (Fsp3) is 0.304. The molecule has 1 heterocycles. The molecule has 0 atom stereocenters. The topological polar surface area (TPSA) is 101 Å². The first-order valence-corrected chi connectivity index (χ1v) is 10.7. The van der Waals surface area contributed by atoms with Crippen molar-refractivity contribution in [1.29, 1.82) is 0 Å². The first kappa shape index (κ1) is 22.4. The number of hydrogen-bond acceptors (Lipinski definition) is 6. The second-order valence-corrected chi connectivity index (χ2v) is 9.18. The fourth-order valence-electron chi connectivity index (χ4n) is 2.81. The van der Waals surface area contributed by atoms with E-state index in [0.717, 1.165) is 28.2 Å². The van der Waals surface area contributed by atoms with Crippen molar-refractivity contribution in [2.45, 2.75) is 39.2 Å². The van der Waals surface area contributed by atoms with Gasteiger partial charge in [0.2, 0.25) is 5.88 Å². The number of H-pyrrole nitrogens is 1. The maximum atomic E-state index is 11.8. The molecular formula is C23H26N2O5S. The lowest BCUT2D eigenvalue weighted by Gasteiger charge is -2.19. The molecule has 0 aliphatic carbocycles. The highest BCUT2D eigenvalue weighted by Crippen LogP contribution is 2.22.